The molecule has 3 heterocycles. The van der Waals surface area contributed by atoms with Crippen LogP contribution in [0.4, 0.5) is 5.95 Å². The highest BCUT2D eigenvalue weighted by molar-refractivity contribution is 5.73. The van der Waals surface area contributed by atoms with Gasteiger partial charge in [-0.3, -0.25) is 9.36 Å². The van der Waals surface area contributed by atoms with Crippen LogP contribution >= 0.6 is 0 Å². The number of hydrogen-bond donors (Lipinski definition) is 1. The van der Waals surface area contributed by atoms with Gasteiger partial charge in [0, 0.05) is 26.6 Å². The number of methoxy groups -OCH3 is 1. The quantitative estimate of drug-likeness (QED) is 0.400. The van der Waals surface area contributed by atoms with Crippen molar-refractivity contribution in [1.82, 2.24) is 29.2 Å². The molecule has 0 amide bonds. The molecule has 10 heteroatoms. The van der Waals surface area contributed by atoms with Gasteiger partial charge in [0.15, 0.2) is 17.0 Å². The van der Waals surface area contributed by atoms with Crippen LogP contribution in [0.3, 0.4) is 0 Å². The Morgan fingerprint density at radius 2 is 2.09 bits per heavy atom. The van der Waals surface area contributed by atoms with E-state index < -0.39 is 0 Å². The summed E-state index contributed by atoms with van der Waals surface area (Å²) in [5.74, 6) is 2.97. The average molecular weight is 460 g/mol. The predicted octanol–water partition coefficient (Wildman–Crippen LogP) is 2.44. The maximum atomic E-state index is 13.1. The average Bonchev–Trinajstić information content (AvgIpc) is 3.23. The summed E-state index contributed by atoms with van der Waals surface area (Å²) in [6, 6.07) is 10.5. The lowest BCUT2D eigenvalue weighted by molar-refractivity contribution is 0.210. The van der Waals surface area contributed by atoms with Crippen LogP contribution in [-0.2, 0) is 18.3 Å². The predicted molar refractivity (Wildman–Crippen MR) is 125 cm³/mol. The first kappa shape index (κ1) is 20.8. The highest BCUT2D eigenvalue weighted by atomic mass is 16.5. The number of rotatable bonds is 8. The second kappa shape index (κ2) is 8.21. The zero-order chi connectivity index (χ0) is 23.2. The van der Waals surface area contributed by atoms with Crippen LogP contribution in [0.1, 0.15) is 29.6 Å². The smallest absolute Gasteiger partial charge is 0.280 e. The monoisotopic (exact) mass is 459 g/mol. The number of allylic oxidation sites excluding steroid dienone is 2. The van der Waals surface area contributed by atoms with Crippen LogP contribution in [0.25, 0.3) is 16.7 Å². The van der Waals surface area contributed by atoms with Crippen molar-refractivity contribution in [1.29, 1.82) is 0 Å². The second-order valence-corrected chi connectivity index (χ2v) is 8.84. The maximum absolute atomic E-state index is 13.1. The number of fused-ring (bicyclic) bond motifs is 2. The summed E-state index contributed by atoms with van der Waals surface area (Å²) in [6.45, 7) is 1.28. The summed E-state index contributed by atoms with van der Waals surface area (Å²) >= 11 is 0. The number of imidazole rings is 1. The van der Waals surface area contributed by atoms with E-state index in [-0.39, 0.29) is 12.1 Å². The molecule has 34 heavy (non-hydrogen) atoms. The molecule has 3 aromatic heterocycles. The number of hydrogen-bond acceptors (Lipinski definition) is 8. The van der Waals surface area contributed by atoms with Crippen molar-refractivity contribution in [3.63, 3.8) is 0 Å². The maximum Gasteiger partial charge on any atom is 0.280 e. The van der Waals surface area contributed by atoms with Gasteiger partial charge in [0.05, 0.1) is 6.61 Å². The first-order valence-electron chi connectivity index (χ1n) is 11.4. The SMILES string of the molecule is COCCNc1nc2ncn(Cc3nc(C4C5C=C(c6ccccc6)CC54)no3)c(=O)c2n1C. The number of aryl methyl sites for hydroxylation is 1. The minimum atomic E-state index is -0.210. The standard InChI is InChI=1S/C24H25N7O3/c1-30-20-22(28-24(30)25-8-9-33-2)26-13-31(23(20)32)12-18-27-21(29-34-18)19-16-10-15(11-17(16)19)14-6-4-3-5-7-14/h3-7,10,13,16-17,19H,8-9,11-12H2,1-2H3,(H,25,28). The lowest BCUT2D eigenvalue weighted by Crippen LogP contribution is -2.23. The van der Waals surface area contributed by atoms with E-state index in [1.54, 1.807) is 18.7 Å². The van der Waals surface area contributed by atoms with Gasteiger partial charge in [-0.15, -0.1) is 0 Å². The van der Waals surface area contributed by atoms with Gasteiger partial charge in [-0.1, -0.05) is 41.6 Å². The third-order valence-corrected chi connectivity index (χ3v) is 6.76. The van der Waals surface area contributed by atoms with Crippen molar-refractivity contribution in [3.8, 4) is 0 Å². The summed E-state index contributed by atoms with van der Waals surface area (Å²) in [4.78, 5) is 26.4. The van der Waals surface area contributed by atoms with E-state index in [1.807, 2.05) is 6.07 Å². The van der Waals surface area contributed by atoms with Crippen molar-refractivity contribution < 1.29 is 9.26 Å². The molecule has 1 N–H and O–H groups in total. The molecule has 1 saturated carbocycles. The van der Waals surface area contributed by atoms with E-state index in [9.17, 15) is 4.79 Å². The van der Waals surface area contributed by atoms with E-state index in [4.69, 9.17) is 9.26 Å². The van der Waals surface area contributed by atoms with Gasteiger partial charge in [-0.25, -0.2) is 4.98 Å². The summed E-state index contributed by atoms with van der Waals surface area (Å²) in [5, 5.41) is 7.37. The molecule has 2 aliphatic carbocycles. The third kappa shape index (κ3) is 3.50. The Morgan fingerprint density at radius 1 is 1.24 bits per heavy atom. The molecule has 174 valence electrons. The van der Waals surface area contributed by atoms with E-state index in [2.05, 4.69) is 55.8 Å². The van der Waals surface area contributed by atoms with Crippen molar-refractivity contribution in [2.45, 2.75) is 18.9 Å². The Morgan fingerprint density at radius 3 is 2.85 bits per heavy atom. The molecule has 0 aliphatic heterocycles. The molecule has 0 spiro atoms. The molecule has 6 rings (SSSR count). The molecular weight excluding hydrogens is 434 g/mol. The van der Waals surface area contributed by atoms with Gasteiger partial charge in [0.2, 0.25) is 11.8 Å². The summed E-state index contributed by atoms with van der Waals surface area (Å²) < 4.78 is 13.7. The van der Waals surface area contributed by atoms with Crippen LogP contribution in [-0.4, -0.2) is 49.5 Å². The van der Waals surface area contributed by atoms with Gasteiger partial charge in [-0.2, -0.15) is 9.97 Å². The number of nitrogens with one attached hydrogen (secondary N) is 1. The van der Waals surface area contributed by atoms with Crippen LogP contribution in [0.15, 0.2) is 52.1 Å². The van der Waals surface area contributed by atoms with Crippen molar-refractivity contribution in [2.24, 2.45) is 18.9 Å². The normalized spacial score (nSPS) is 21.0. The summed E-state index contributed by atoms with van der Waals surface area (Å²) in [6.07, 6.45) is 4.86. The molecule has 4 aromatic rings. The van der Waals surface area contributed by atoms with Gasteiger partial charge in [0.25, 0.3) is 5.56 Å². The second-order valence-electron chi connectivity index (χ2n) is 8.84. The fourth-order valence-electron chi connectivity index (χ4n) is 4.95. The Bertz CT molecular complexity index is 1440. The van der Waals surface area contributed by atoms with Crippen LogP contribution in [0, 0.1) is 11.8 Å². The van der Waals surface area contributed by atoms with Crippen LogP contribution in [0.5, 0.6) is 0 Å². The minimum absolute atomic E-state index is 0.166. The first-order chi connectivity index (χ1) is 16.6. The molecule has 3 unspecified atom stereocenters. The van der Waals surface area contributed by atoms with Crippen molar-refractivity contribution in [2.75, 3.05) is 25.6 Å². The van der Waals surface area contributed by atoms with Crippen LogP contribution in [0.2, 0.25) is 0 Å². The third-order valence-electron chi connectivity index (χ3n) is 6.76. The number of aromatic nitrogens is 6. The lowest BCUT2D eigenvalue weighted by Gasteiger charge is -2.05. The Balaban J connectivity index is 1.18. The minimum Gasteiger partial charge on any atom is -0.383 e. The fourth-order valence-corrected chi connectivity index (χ4v) is 4.95. The molecule has 1 aromatic carbocycles. The molecule has 0 saturated heterocycles. The van der Waals surface area contributed by atoms with Gasteiger partial charge in [-0.05, 0) is 29.4 Å². The first-order valence-corrected chi connectivity index (χ1v) is 11.4. The number of anilines is 1. The fraction of sp³-hybridized carbons (Fsp3) is 0.375. The molecule has 3 atom stereocenters. The van der Waals surface area contributed by atoms with E-state index in [1.165, 1.54) is 22.0 Å². The highest BCUT2D eigenvalue weighted by Gasteiger charge is 2.55. The molecule has 0 bridgehead atoms. The number of ether oxygens (including phenoxy) is 1. The molecule has 2 aliphatic rings. The van der Waals surface area contributed by atoms with E-state index in [0.29, 0.717) is 53.9 Å². The number of nitrogens with zero attached hydrogens (tertiary/aromatic N) is 6. The Kier molecular flexibility index (Phi) is 5.02. The number of benzene rings is 1. The summed E-state index contributed by atoms with van der Waals surface area (Å²) in [7, 11) is 3.42. The largest absolute Gasteiger partial charge is 0.383 e. The van der Waals surface area contributed by atoms with Gasteiger partial charge in [0.1, 0.15) is 12.9 Å². The molecule has 1 fully saturated rings. The zero-order valence-corrected chi connectivity index (χ0v) is 19.0. The van der Waals surface area contributed by atoms with Crippen molar-refractivity contribution >= 4 is 22.7 Å². The summed E-state index contributed by atoms with van der Waals surface area (Å²) in [5.41, 5.74) is 3.28. The molecular formula is C24H25N7O3. The van der Waals surface area contributed by atoms with E-state index >= 15 is 0 Å². The zero-order valence-electron chi connectivity index (χ0n) is 19.0. The molecule has 10 nitrogen and oxygen atoms in total. The Labute approximate surface area is 195 Å². The van der Waals surface area contributed by atoms with E-state index in [0.717, 1.165) is 12.2 Å². The topological polar surface area (TPSA) is 113 Å². The van der Waals surface area contributed by atoms with Crippen LogP contribution < -0.4 is 10.9 Å². The van der Waals surface area contributed by atoms with Gasteiger partial charge >= 0.3 is 0 Å². The van der Waals surface area contributed by atoms with Gasteiger partial charge < -0.3 is 19.1 Å². The van der Waals surface area contributed by atoms with Crippen molar-refractivity contribution in [3.05, 3.63) is 70.4 Å². The highest BCUT2D eigenvalue weighted by Crippen LogP contribution is 2.62. The lowest BCUT2D eigenvalue weighted by atomic mass is 10.0. The molecule has 0 radical (unpaired) electrons. The Hall–Kier alpha value is -3.79.